The third-order valence-corrected chi connectivity index (χ3v) is 1.31. The van der Waals surface area contributed by atoms with E-state index in [9.17, 15) is 0 Å². The Balaban J connectivity index is 2.91. The molecule has 0 saturated carbocycles. The van der Waals surface area contributed by atoms with Gasteiger partial charge in [0.15, 0.2) is 0 Å². The first-order chi connectivity index (χ1) is 4.84. The highest BCUT2D eigenvalue weighted by Gasteiger charge is 1.94. The van der Waals surface area contributed by atoms with E-state index >= 15 is 0 Å². The lowest BCUT2D eigenvalue weighted by atomic mass is 10.1. The molecule has 0 saturated heterocycles. The van der Waals surface area contributed by atoms with Gasteiger partial charge in [0.05, 0.1) is 0 Å². The minimum atomic E-state index is 0.269. The van der Waals surface area contributed by atoms with Crippen molar-refractivity contribution in [2.75, 3.05) is 0 Å². The Morgan fingerprint density at radius 1 is 1.40 bits per heavy atom. The smallest absolute Gasteiger partial charge is 0.119 e. The van der Waals surface area contributed by atoms with Crippen LogP contribution in [0.25, 0.3) is 0 Å². The molecule has 0 spiro atoms. The largest absolute Gasteiger partial charge is 0.508 e. The van der Waals surface area contributed by atoms with Crippen molar-refractivity contribution in [1.29, 1.82) is 5.41 Å². The maximum Gasteiger partial charge on any atom is 0.119 e. The fourth-order valence-corrected chi connectivity index (χ4v) is 0.793. The Labute approximate surface area is 59.6 Å². The van der Waals surface area contributed by atoms with Gasteiger partial charge in [-0.1, -0.05) is 18.2 Å². The number of rotatable bonds is 2. The number of nitrogens with one attached hydrogen (secondary N) is 1. The molecule has 0 aliphatic carbocycles. The van der Waals surface area contributed by atoms with E-state index in [4.69, 9.17) is 10.5 Å². The Bertz CT molecular complexity index is 232. The van der Waals surface area contributed by atoms with E-state index in [0.717, 1.165) is 5.56 Å². The van der Waals surface area contributed by atoms with Crippen LogP contribution in [0.15, 0.2) is 24.3 Å². The predicted octanol–water partition coefficient (Wildman–Crippen LogP) is 1.58. The van der Waals surface area contributed by atoms with E-state index in [1.807, 2.05) is 6.07 Å². The number of benzene rings is 1. The summed E-state index contributed by atoms with van der Waals surface area (Å²) < 4.78 is 0. The molecule has 1 rings (SSSR count). The molecule has 0 aromatic heterocycles. The van der Waals surface area contributed by atoms with Crippen LogP contribution < -0.4 is 0 Å². The molecule has 0 aliphatic rings. The van der Waals surface area contributed by atoms with Gasteiger partial charge in [-0.3, -0.25) is 0 Å². The number of para-hydroxylation sites is 1. The van der Waals surface area contributed by atoms with Gasteiger partial charge in [0.2, 0.25) is 0 Å². The Kier molecular flexibility index (Phi) is 2.05. The van der Waals surface area contributed by atoms with Crippen LogP contribution in [-0.2, 0) is 6.42 Å². The average molecular weight is 135 g/mol. The summed E-state index contributed by atoms with van der Waals surface area (Å²) in [7, 11) is 0. The standard InChI is InChI=1S/C8H9NO/c9-6-5-7-3-1-2-4-8(7)10/h1-4,6,9-10H,5H2. The SMILES string of the molecule is N=CCc1ccccc1O. The van der Waals surface area contributed by atoms with Gasteiger partial charge in [0.25, 0.3) is 0 Å². The number of aromatic hydroxyl groups is 1. The highest BCUT2D eigenvalue weighted by atomic mass is 16.3. The minimum Gasteiger partial charge on any atom is -0.508 e. The van der Waals surface area contributed by atoms with Crippen LogP contribution in [-0.4, -0.2) is 11.3 Å². The van der Waals surface area contributed by atoms with Gasteiger partial charge < -0.3 is 10.5 Å². The molecule has 52 valence electrons. The number of phenolic OH excluding ortho intramolecular Hbond substituents is 1. The van der Waals surface area contributed by atoms with Crippen molar-refractivity contribution in [3.05, 3.63) is 29.8 Å². The van der Waals surface area contributed by atoms with Gasteiger partial charge in [-0.15, -0.1) is 0 Å². The molecular formula is C8H9NO. The molecular weight excluding hydrogens is 126 g/mol. The lowest BCUT2D eigenvalue weighted by Crippen LogP contribution is -1.84. The van der Waals surface area contributed by atoms with Crippen LogP contribution in [0.5, 0.6) is 5.75 Å². The van der Waals surface area contributed by atoms with Gasteiger partial charge in [-0.25, -0.2) is 0 Å². The fourth-order valence-electron chi connectivity index (χ4n) is 0.793. The zero-order valence-corrected chi connectivity index (χ0v) is 5.54. The minimum absolute atomic E-state index is 0.269. The zero-order valence-electron chi connectivity index (χ0n) is 5.54. The van der Waals surface area contributed by atoms with E-state index in [2.05, 4.69) is 0 Å². The summed E-state index contributed by atoms with van der Waals surface area (Å²) in [6.07, 6.45) is 1.78. The van der Waals surface area contributed by atoms with Gasteiger partial charge in [0.1, 0.15) is 5.75 Å². The molecule has 10 heavy (non-hydrogen) atoms. The normalized spacial score (nSPS) is 9.20. The Morgan fingerprint density at radius 2 is 2.10 bits per heavy atom. The lowest BCUT2D eigenvalue weighted by molar-refractivity contribution is 0.470. The van der Waals surface area contributed by atoms with Crippen molar-refractivity contribution in [2.24, 2.45) is 0 Å². The summed E-state index contributed by atoms with van der Waals surface area (Å²) in [4.78, 5) is 0. The van der Waals surface area contributed by atoms with Crippen molar-refractivity contribution in [3.63, 3.8) is 0 Å². The van der Waals surface area contributed by atoms with E-state index in [1.165, 1.54) is 6.21 Å². The molecule has 2 heteroatoms. The molecule has 0 atom stereocenters. The summed E-state index contributed by atoms with van der Waals surface area (Å²) in [6.45, 7) is 0. The molecule has 0 amide bonds. The second kappa shape index (κ2) is 3.01. The number of phenols is 1. The third-order valence-electron chi connectivity index (χ3n) is 1.31. The van der Waals surface area contributed by atoms with Crippen molar-refractivity contribution in [3.8, 4) is 5.75 Å². The summed E-state index contributed by atoms with van der Waals surface area (Å²) in [5, 5.41) is 15.9. The summed E-state index contributed by atoms with van der Waals surface area (Å²) in [5.41, 5.74) is 0.803. The van der Waals surface area contributed by atoms with Gasteiger partial charge in [-0.2, -0.15) is 0 Å². The zero-order chi connectivity index (χ0) is 7.40. The molecule has 0 aliphatic heterocycles. The first kappa shape index (κ1) is 6.81. The average Bonchev–Trinajstić information content (AvgIpc) is 1.94. The van der Waals surface area contributed by atoms with Crippen molar-refractivity contribution >= 4 is 6.21 Å². The first-order valence-corrected chi connectivity index (χ1v) is 3.10. The van der Waals surface area contributed by atoms with Crippen LogP contribution in [0.3, 0.4) is 0 Å². The summed E-state index contributed by atoms with van der Waals surface area (Å²) in [5.74, 6) is 0.269. The second-order valence-corrected chi connectivity index (χ2v) is 2.04. The predicted molar refractivity (Wildman–Crippen MR) is 40.6 cm³/mol. The molecule has 1 aromatic carbocycles. The van der Waals surface area contributed by atoms with E-state index in [-0.39, 0.29) is 5.75 Å². The lowest BCUT2D eigenvalue weighted by Gasteiger charge is -1.97. The molecule has 2 nitrogen and oxygen atoms in total. The first-order valence-electron chi connectivity index (χ1n) is 3.10. The van der Waals surface area contributed by atoms with Crippen molar-refractivity contribution < 1.29 is 5.11 Å². The highest BCUT2D eigenvalue weighted by molar-refractivity contribution is 5.59. The monoisotopic (exact) mass is 135 g/mol. The van der Waals surface area contributed by atoms with Crippen LogP contribution >= 0.6 is 0 Å². The molecule has 2 N–H and O–H groups in total. The second-order valence-electron chi connectivity index (χ2n) is 2.04. The van der Waals surface area contributed by atoms with Crippen LogP contribution in [0.4, 0.5) is 0 Å². The van der Waals surface area contributed by atoms with E-state index in [1.54, 1.807) is 18.2 Å². The van der Waals surface area contributed by atoms with E-state index in [0.29, 0.717) is 6.42 Å². The molecule has 0 fully saturated rings. The maximum atomic E-state index is 9.14. The van der Waals surface area contributed by atoms with Crippen molar-refractivity contribution in [2.45, 2.75) is 6.42 Å². The number of hydrogen-bond acceptors (Lipinski definition) is 2. The van der Waals surface area contributed by atoms with Crippen LogP contribution in [0.1, 0.15) is 5.56 Å². The molecule has 1 aromatic rings. The highest BCUT2D eigenvalue weighted by Crippen LogP contribution is 2.14. The topological polar surface area (TPSA) is 44.1 Å². The fraction of sp³-hybridized carbons (Fsp3) is 0.125. The number of hydrogen-bond donors (Lipinski definition) is 2. The van der Waals surface area contributed by atoms with Gasteiger partial charge >= 0.3 is 0 Å². The molecule has 0 heterocycles. The van der Waals surface area contributed by atoms with Crippen LogP contribution in [0.2, 0.25) is 0 Å². The Hall–Kier alpha value is -1.31. The molecule has 0 radical (unpaired) electrons. The van der Waals surface area contributed by atoms with Crippen LogP contribution in [0, 0.1) is 5.41 Å². The summed E-state index contributed by atoms with van der Waals surface area (Å²) >= 11 is 0. The molecule has 0 bridgehead atoms. The quantitative estimate of drug-likeness (QED) is 0.594. The molecule has 0 unspecified atom stereocenters. The Morgan fingerprint density at radius 3 is 2.70 bits per heavy atom. The van der Waals surface area contributed by atoms with Gasteiger partial charge in [-0.05, 0) is 17.8 Å². The summed E-state index contributed by atoms with van der Waals surface area (Å²) in [6, 6.07) is 7.04. The van der Waals surface area contributed by atoms with Crippen molar-refractivity contribution in [1.82, 2.24) is 0 Å². The third kappa shape index (κ3) is 1.35. The van der Waals surface area contributed by atoms with Gasteiger partial charge in [0, 0.05) is 6.42 Å². The maximum absolute atomic E-state index is 9.14. The van der Waals surface area contributed by atoms with E-state index < -0.39 is 0 Å².